The summed E-state index contributed by atoms with van der Waals surface area (Å²) in [6.45, 7) is 1.11. The number of carbonyl (C=O) groups is 1. The van der Waals surface area contributed by atoms with E-state index in [-0.39, 0.29) is 22.4 Å². The Morgan fingerprint density at radius 1 is 1.83 bits per heavy atom. The normalized spacial score (nSPS) is 5.67. The van der Waals surface area contributed by atoms with Crippen molar-refractivity contribution in [2.75, 3.05) is 0 Å². The average molecular weight is 184 g/mol. The van der Waals surface area contributed by atoms with Crippen LogP contribution in [0.25, 0.3) is 0 Å². The van der Waals surface area contributed by atoms with Crippen molar-refractivity contribution in [2.24, 2.45) is 0 Å². The van der Waals surface area contributed by atoms with E-state index in [2.05, 4.69) is 4.89 Å². The van der Waals surface area contributed by atoms with Gasteiger partial charge in [0.2, 0.25) is 0 Å². The van der Waals surface area contributed by atoms with Gasteiger partial charge in [-0.2, -0.15) is 5.26 Å². The van der Waals surface area contributed by atoms with Crippen molar-refractivity contribution in [3.8, 4) is 0 Å². The van der Waals surface area contributed by atoms with Crippen LogP contribution in [0.15, 0.2) is 0 Å². The molecule has 41 valence electrons. The summed E-state index contributed by atoms with van der Waals surface area (Å²) in [5.41, 5.74) is 0. The first-order valence-electron chi connectivity index (χ1n) is 1.09. The quantitative estimate of drug-likeness (QED) is 0.328. The maximum absolute atomic E-state index is 9.34. The van der Waals surface area contributed by atoms with Crippen LogP contribution < -0.4 is 0 Å². The van der Waals surface area contributed by atoms with Crippen molar-refractivity contribution in [3.05, 3.63) is 0 Å². The van der Waals surface area contributed by atoms with E-state index in [9.17, 15) is 4.79 Å². The van der Waals surface area contributed by atoms with Gasteiger partial charge >= 0.3 is 5.97 Å². The summed E-state index contributed by atoms with van der Waals surface area (Å²) < 4.78 is 0. The molecule has 0 aliphatic heterocycles. The fourth-order valence-corrected chi connectivity index (χ4v) is 0. The first kappa shape index (κ1) is 9.48. The van der Waals surface area contributed by atoms with Gasteiger partial charge in [-0.05, 0) is 0 Å². The molecule has 0 fully saturated rings. The SMILES string of the molecule is CC(=O)OO.[Ag]. The number of hydrogen-bond acceptors (Lipinski definition) is 3. The molecule has 0 aliphatic carbocycles. The van der Waals surface area contributed by atoms with Gasteiger partial charge in [0.05, 0.1) is 0 Å². The minimum absolute atomic E-state index is 0. The Morgan fingerprint density at radius 2 is 2.00 bits per heavy atom. The Bertz CT molecular complexity index is 44.1. The van der Waals surface area contributed by atoms with Gasteiger partial charge in [-0.25, -0.2) is 4.79 Å². The molecular weight excluding hydrogens is 180 g/mol. The van der Waals surface area contributed by atoms with Gasteiger partial charge in [0.25, 0.3) is 0 Å². The van der Waals surface area contributed by atoms with Gasteiger partial charge in [-0.3, -0.25) is 0 Å². The van der Waals surface area contributed by atoms with Crippen molar-refractivity contribution in [2.45, 2.75) is 6.92 Å². The van der Waals surface area contributed by atoms with Crippen LogP contribution in [-0.4, -0.2) is 11.2 Å². The van der Waals surface area contributed by atoms with E-state index >= 15 is 0 Å². The summed E-state index contributed by atoms with van der Waals surface area (Å²) in [5, 5.41) is 7.29. The molecule has 0 saturated heterocycles. The Morgan fingerprint density at radius 3 is 2.00 bits per heavy atom. The van der Waals surface area contributed by atoms with Gasteiger partial charge < -0.3 is 4.89 Å². The maximum atomic E-state index is 9.34. The zero-order valence-corrected chi connectivity index (χ0v) is 4.55. The Hall–Kier alpha value is 0.170. The van der Waals surface area contributed by atoms with Crippen LogP contribution in [0.2, 0.25) is 0 Å². The molecule has 0 rings (SSSR count). The molecule has 4 heteroatoms. The minimum atomic E-state index is -0.690. The van der Waals surface area contributed by atoms with Crippen molar-refractivity contribution in [1.29, 1.82) is 0 Å². The zero-order chi connectivity index (χ0) is 4.28. The fraction of sp³-hybridized carbons (Fsp3) is 0.500. The maximum Gasteiger partial charge on any atom is 0.339 e. The topological polar surface area (TPSA) is 46.5 Å². The van der Waals surface area contributed by atoms with E-state index in [0.29, 0.717) is 0 Å². The molecule has 0 unspecified atom stereocenters. The van der Waals surface area contributed by atoms with E-state index in [0.717, 1.165) is 6.92 Å². The second-order valence-electron chi connectivity index (χ2n) is 0.583. The summed E-state index contributed by atoms with van der Waals surface area (Å²) in [5.74, 6) is -0.690. The monoisotopic (exact) mass is 183 g/mol. The van der Waals surface area contributed by atoms with Crippen LogP contribution in [0, 0.1) is 0 Å². The van der Waals surface area contributed by atoms with Crippen LogP contribution in [0.3, 0.4) is 0 Å². The number of rotatable bonds is 0. The summed E-state index contributed by atoms with van der Waals surface area (Å²) in [4.78, 5) is 12.5. The number of hydrogen-bond donors (Lipinski definition) is 1. The van der Waals surface area contributed by atoms with E-state index in [1.54, 1.807) is 0 Å². The first-order valence-corrected chi connectivity index (χ1v) is 1.09. The predicted molar refractivity (Wildman–Crippen MR) is 14.4 cm³/mol. The summed E-state index contributed by atoms with van der Waals surface area (Å²) >= 11 is 0. The van der Waals surface area contributed by atoms with E-state index in [1.807, 2.05) is 0 Å². The molecule has 0 spiro atoms. The van der Waals surface area contributed by atoms with Crippen LogP contribution in [0.4, 0.5) is 0 Å². The van der Waals surface area contributed by atoms with Gasteiger partial charge in [-0.1, -0.05) is 0 Å². The van der Waals surface area contributed by atoms with E-state index in [1.165, 1.54) is 0 Å². The van der Waals surface area contributed by atoms with E-state index < -0.39 is 5.97 Å². The summed E-state index contributed by atoms with van der Waals surface area (Å²) in [6, 6.07) is 0. The van der Waals surface area contributed by atoms with E-state index in [4.69, 9.17) is 5.26 Å². The third-order valence-electron chi connectivity index (χ3n) is 0.129. The average Bonchev–Trinajstić information content (AvgIpc) is 1.38. The Labute approximate surface area is 50.7 Å². The fourth-order valence-electron chi connectivity index (χ4n) is 0. The van der Waals surface area contributed by atoms with Crippen LogP contribution >= 0.6 is 0 Å². The molecule has 0 saturated carbocycles. The van der Waals surface area contributed by atoms with Crippen molar-refractivity contribution < 1.29 is 37.3 Å². The molecule has 0 atom stereocenters. The molecule has 1 radical (unpaired) electrons. The molecule has 0 aromatic rings. The summed E-state index contributed by atoms with van der Waals surface area (Å²) in [7, 11) is 0. The first-order chi connectivity index (χ1) is 2.27. The molecule has 0 amide bonds. The van der Waals surface area contributed by atoms with Crippen LogP contribution in [-0.2, 0) is 32.1 Å². The van der Waals surface area contributed by atoms with Crippen LogP contribution in [0.1, 0.15) is 6.92 Å². The molecule has 0 aromatic heterocycles. The molecular formula is C2H4AgO3. The third-order valence-corrected chi connectivity index (χ3v) is 0.129. The van der Waals surface area contributed by atoms with Gasteiger partial charge in [-0.15, -0.1) is 0 Å². The molecule has 1 N–H and O–H groups in total. The molecule has 0 bridgehead atoms. The number of carbonyl (C=O) groups excluding carboxylic acids is 1. The predicted octanol–water partition coefficient (Wildman–Crippen LogP) is 0.0200. The van der Waals surface area contributed by atoms with Crippen molar-refractivity contribution in [1.82, 2.24) is 0 Å². The van der Waals surface area contributed by atoms with Gasteiger partial charge in [0.15, 0.2) is 0 Å². The molecule has 0 aliphatic rings. The Balaban J connectivity index is 0. The van der Waals surface area contributed by atoms with Gasteiger partial charge in [0, 0.05) is 29.3 Å². The molecule has 6 heavy (non-hydrogen) atoms. The summed E-state index contributed by atoms with van der Waals surface area (Å²) in [6.07, 6.45) is 0. The van der Waals surface area contributed by atoms with Crippen molar-refractivity contribution >= 4 is 5.97 Å². The molecule has 0 aromatic carbocycles. The molecule has 0 heterocycles. The molecule has 3 nitrogen and oxygen atoms in total. The van der Waals surface area contributed by atoms with Crippen LogP contribution in [0.5, 0.6) is 0 Å². The standard InChI is InChI=1S/C2H4O3.Ag/c1-2(3)5-4;/h4H,1H3;. The Kier molecular flexibility index (Phi) is 8.17. The van der Waals surface area contributed by atoms with Crippen molar-refractivity contribution in [3.63, 3.8) is 0 Å². The minimum Gasteiger partial charge on any atom is -0.301 e. The second kappa shape index (κ2) is 5.17. The third kappa shape index (κ3) is 8.90. The second-order valence-corrected chi connectivity index (χ2v) is 0.583. The smallest absolute Gasteiger partial charge is 0.301 e. The zero-order valence-electron chi connectivity index (χ0n) is 3.07. The largest absolute Gasteiger partial charge is 0.339 e. The van der Waals surface area contributed by atoms with Gasteiger partial charge in [0.1, 0.15) is 0 Å².